The number of ether oxygens (including phenoxy) is 2. The van der Waals surface area contributed by atoms with Crippen molar-refractivity contribution < 1.29 is 23.8 Å². The standard InChI is InChI=1S/C31H39FN6O6S/c1-17(2)35(5)27(40)19(4)37-28(41)26-18(3)29(38-33-13-14-34-38)45-30(26)36(31(37)42)16-25(44-22-10-8-21(39)9-11-22)23-15-20(32)7-12-24(23)43-6/h7,12-15,17,19,21-22,25,39H,8-11,16H2,1-6H3/t19-,21?,22?,25+/m1/s1. The van der Waals surface area contributed by atoms with Gasteiger partial charge in [0, 0.05) is 24.2 Å². The summed E-state index contributed by atoms with van der Waals surface area (Å²) in [6.45, 7) is 6.87. The van der Waals surface area contributed by atoms with Crippen LogP contribution in [0.4, 0.5) is 4.39 Å². The smallest absolute Gasteiger partial charge is 0.332 e. The largest absolute Gasteiger partial charge is 0.496 e. The molecule has 1 fully saturated rings. The first-order valence-electron chi connectivity index (χ1n) is 15.0. The Morgan fingerprint density at radius 1 is 1.16 bits per heavy atom. The van der Waals surface area contributed by atoms with Crippen molar-refractivity contribution in [2.45, 2.75) is 90.3 Å². The van der Waals surface area contributed by atoms with E-state index in [1.54, 1.807) is 14.0 Å². The topological polar surface area (TPSA) is 134 Å². The van der Waals surface area contributed by atoms with Crippen LogP contribution in [0.25, 0.3) is 15.2 Å². The van der Waals surface area contributed by atoms with Gasteiger partial charge in [-0.15, -0.1) is 4.80 Å². The lowest BCUT2D eigenvalue weighted by atomic mass is 9.94. The van der Waals surface area contributed by atoms with Gasteiger partial charge >= 0.3 is 5.69 Å². The fraction of sp³-hybridized carbons (Fsp3) is 0.516. The molecule has 4 aromatic rings. The molecule has 0 unspecified atom stereocenters. The zero-order valence-electron chi connectivity index (χ0n) is 26.3. The van der Waals surface area contributed by atoms with Crippen LogP contribution in [-0.2, 0) is 16.1 Å². The Labute approximate surface area is 263 Å². The number of thiophene rings is 1. The van der Waals surface area contributed by atoms with E-state index in [1.165, 1.54) is 70.2 Å². The van der Waals surface area contributed by atoms with Gasteiger partial charge in [-0.2, -0.15) is 10.2 Å². The summed E-state index contributed by atoms with van der Waals surface area (Å²) in [6.07, 6.45) is 3.75. The predicted molar refractivity (Wildman–Crippen MR) is 168 cm³/mol. The summed E-state index contributed by atoms with van der Waals surface area (Å²) < 4.78 is 29.3. The van der Waals surface area contributed by atoms with Crippen LogP contribution in [-0.4, -0.2) is 72.4 Å². The van der Waals surface area contributed by atoms with E-state index in [0.717, 1.165) is 4.57 Å². The molecule has 0 saturated heterocycles. The van der Waals surface area contributed by atoms with Crippen LogP contribution in [0.5, 0.6) is 5.75 Å². The number of nitrogens with zero attached hydrogens (tertiary/aromatic N) is 6. The summed E-state index contributed by atoms with van der Waals surface area (Å²) in [5, 5.41) is 19.3. The molecule has 0 radical (unpaired) electrons. The number of likely N-dealkylation sites (N-methyl/N-ethyl adjacent to an activating group) is 1. The SMILES string of the molecule is COc1ccc(F)cc1[C@H](Cn1c(=O)n([C@H](C)C(=O)N(C)C(C)C)c(=O)c2c(C)c(-n3nccn3)sc21)OC1CCC(O)CC1. The van der Waals surface area contributed by atoms with Gasteiger partial charge in [-0.3, -0.25) is 14.2 Å². The quantitative estimate of drug-likeness (QED) is 0.277. The molecular formula is C31H39FN6O6S. The first kappa shape index (κ1) is 32.5. The van der Waals surface area contributed by atoms with Crippen molar-refractivity contribution in [3.05, 3.63) is 68.4 Å². The van der Waals surface area contributed by atoms with Crippen LogP contribution >= 0.6 is 11.3 Å². The van der Waals surface area contributed by atoms with E-state index in [1.807, 2.05) is 13.8 Å². The lowest BCUT2D eigenvalue weighted by molar-refractivity contribution is -0.134. The number of aromatic nitrogens is 5. The van der Waals surface area contributed by atoms with Gasteiger partial charge in [-0.05, 0) is 71.6 Å². The highest BCUT2D eigenvalue weighted by Crippen LogP contribution is 2.36. The maximum Gasteiger partial charge on any atom is 0.332 e. The molecule has 1 N–H and O–H groups in total. The number of carbonyl (C=O) groups excluding carboxylic acids is 1. The zero-order valence-corrected chi connectivity index (χ0v) is 27.1. The van der Waals surface area contributed by atoms with Crippen molar-refractivity contribution in [2.24, 2.45) is 0 Å². The number of fused-ring (bicyclic) bond motifs is 1. The highest BCUT2D eigenvalue weighted by Gasteiger charge is 2.32. The van der Waals surface area contributed by atoms with Crippen molar-refractivity contribution in [3.63, 3.8) is 0 Å². The van der Waals surface area contributed by atoms with Crippen molar-refractivity contribution >= 4 is 27.5 Å². The molecule has 0 spiro atoms. The minimum atomic E-state index is -1.11. The van der Waals surface area contributed by atoms with Crippen molar-refractivity contribution in [1.82, 2.24) is 29.0 Å². The van der Waals surface area contributed by atoms with Gasteiger partial charge in [0.15, 0.2) is 0 Å². The van der Waals surface area contributed by atoms with Gasteiger partial charge in [0.1, 0.15) is 33.5 Å². The molecule has 14 heteroatoms. The molecular weight excluding hydrogens is 603 g/mol. The fourth-order valence-electron chi connectivity index (χ4n) is 5.78. The van der Waals surface area contributed by atoms with E-state index in [4.69, 9.17) is 9.47 Å². The molecule has 3 aromatic heterocycles. The van der Waals surface area contributed by atoms with E-state index in [0.29, 0.717) is 52.4 Å². The number of aliphatic hydroxyl groups is 1. The summed E-state index contributed by atoms with van der Waals surface area (Å²) >= 11 is 1.17. The van der Waals surface area contributed by atoms with Crippen LogP contribution in [0.2, 0.25) is 0 Å². The van der Waals surface area contributed by atoms with Crippen molar-refractivity contribution in [2.75, 3.05) is 14.2 Å². The van der Waals surface area contributed by atoms with Crippen LogP contribution in [0, 0.1) is 12.7 Å². The van der Waals surface area contributed by atoms with E-state index in [9.17, 15) is 23.9 Å². The van der Waals surface area contributed by atoms with E-state index in [2.05, 4.69) is 10.2 Å². The monoisotopic (exact) mass is 642 g/mol. The Bertz CT molecular complexity index is 1790. The number of rotatable bonds is 10. The number of aryl methyl sites for hydroxylation is 1. The summed E-state index contributed by atoms with van der Waals surface area (Å²) in [5.41, 5.74) is -0.349. The summed E-state index contributed by atoms with van der Waals surface area (Å²) in [6, 6.07) is 2.84. The Morgan fingerprint density at radius 2 is 1.82 bits per heavy atom. The molecule has 1 amide bonds. The predicted octanol–water partition coefficient (Wildman–Crippen LogP) is 3.75. The zero-order chi connectivity index (χ0) is 32.6. The molecule has 242 valence electrons. The van der Waals surface area contributed by atoms with Gasteiger partial charge in [-0.1, -0.05) is 11.3 Å². The van der Waals surface area contributed by atoms with Crippen LogP contribution in [0.15, 0.2) is 40.2 Å². The Morgan fingerprint density at radius 3 is 2.44 bits per heavy atom. The molecule has 1 aromatic carbocycles. The third-order valence-corrected chi connectivity index (χ3v) is 9.85. The third kappa shape index (κ3) is 6.31. The number of carbonyl (C=O) groups is 1. The summed E-state index contributed by atoms with van der Waals surface area (Å²) in [4.78, 5) is 45.2. The molecule has 2 atom stereocenters. The summed E-state index contributed by atoms with van der Waals surface area (Å²) in [7, 11) is 3.10. The molecule has 5 rings (SSSR count). The summed E-state index contributed by atoms with van der Waals surface area (Å²) in [5.74, 6) is -0.519. The van der Waals surface area contributed by atoms with Gasteiger partial charge in [0.25, 0.3) is 5.56 Å². The normalized spacial score (nSPS) is 18.3. The second-order valence-corrected chi connectivity index (χ2v) is 12.7. The molecule has 3 heterocycles. The Hall–Kier alpha value is -3.88. The molecule has 1 aliphatic carbocycles. The molecule has 45 heavy (non-hydrogen) atoms. The first-order valence-corrected chi connectivity index (χ1v) is 15.8. The average molecular weight is 643 g/mol. The number of halogens is 1. The van der Waals surface area contributed by atoms with Crippen molar-refractivity contribution in [1.29, 1.82) is 0 Å². The van der Waals surface area contributed by atoms with E-state index >= 15 is 0 Å². The third-order valence-electron chi connectivity index (χ3n) is 8.57. The lowest BCUT2D eigenvalue weighted by Crippen LogP contribution is -2.48. The molecule has 0 bridgehead atoms. The maximum absolute atomic E-state index is 14.7. The average Bonchev–Trinajstić information content (AvgIpc) is 3.67. The van der Waals surface area contributed by atoms with Crippen LogP contribution in [0.1, 0.15) is 69.7 Å². The number of hydrogen-bond donors (Lipinski definition) is 1. The minimum Gasteiger partial charge on any atom is -0.496 e. The van der Waals surface area contributed by atoms with Crippen LogP contribution < -0.4 is 16.0 Å². The number of benzene rings is 1. The lowest BCUT2D eigenvalue weighted by Gasteiger charge is -2.31. The highest BCUT2D eigenvalue weighted by molar-refractivity contribution is 7.21. The van der Waals surface area contributed by atoms with Crippen LogP contribution in [0.3, 0.4) is 0 Å². The Balaban J connectivity index is 1.73. The van der Waals surface area contributed by atoms with Gasteiger partial charge in [0.05, 0.1) is 43.6 Å². The molecule has 0 aliphatic heterocycles. The maximum atomic E-state index is 14.7. The van der Waals surface area contributed by atoms with E-state index in [-0.39, 0.29) is 24.1 Å². The molecule has 1 aliphatic rings. The fourth-order valence-corrected chi connectivity index (χ4v) is 7.00. The minimum absolute atomic E-state index is 0.110. The second-order valence-electron chi connectivity index (χ2n) is 11.8. The molecule has 1 saturated carbocycles. The number of methoxy groups -OCH3 is 1. The molecule has 12 nitrogen and oxygen atoms in total. The highest BCUT2D eigenvalue weighted by atomic mass is 32.1. The Kier molecular flexibility index (Phi) is 9.56. The number of aliphatic hydroxyl groups excluding tert-OH is 1. The van der Waals surface area contributed by atoms with Crippen molar-refractivity contribution in [3.8, 4) is 10.8 Å². The van der Waals surface area contributed by atoms with Gasteiger partial charge in [0.2, 0.25) is 5.91 Å². The van der Waals surface area contributed by atoms with Gasteiger partial charge in [-0.25, -0.2) is 13.8 Å². The number of hydrogen-bond acceptors (Lipinski definition) is 9. The second kappa shape index (κ2) is 13.2. The number of amides is 1. The first-order chi connectivity index (χ1) is 21.4. The van der Waals surface area contributed by atoms with E-state index < -0.39 is 41.2 Å². The van der Waals surface area contributed by atoms with Gasteiger partial charge < -0.3 is 19.5 Å².